The van der Waals surface area contributed by atoms with Gasteiger partial charge < -0.3 is 15.8 Å². The second-order valence-electron chi connectivity index (χ2n) is 7.28. The zero-order valence-electron chi connectivity index (χ0n) is 13.9. The number of nitrogens with two attached hydrogens (primary N) is 1. The molecule has 23 heavy (non-hydrogen) atoms. The van der Waals surface area contributed by atoms with Gasteiger partial charge in [0, 0.05) is 24.4 Å². The summed E-state index contributed by atoms with van der Waals surface area (Å²) in [7, 11) is 0. The van der Waals surface area contributed by atoms with E-state index in [1.165, 1.54) is 0 Å². The topological polar surface area (TPSA) is 64.4 Å². The summed E-state index contributed by atoms with van der Waals surface area (Å²) in [6.07, 6.45) is 4.59. The van der Waals surface area contributed by atoms with Crippen molar-refractivity contribution in [1.29, 1.82) is 0 Å². The number of carbonyl (C=O) groups is 1. The number of benzene rings is 1. The lowest BCUT2D eigenvalue weighted by Crippen LogP contribution is -2.42. The maximum atomic E-state index is 12.4. The van der Waals surface area contributed by atoms with E-state index in [2.05, 4.69) is 19.2 Å². The van der Waals surface area contributed by atoms with Gasteiger partial charge in [0.05, 0.1) is 6.04 Å². The van der Waals surface area contributed by atoms with Crippen LogP contribution in [0.5, 0.6) is 5.75 Å². The Morgan fingerprint density at radius 3 is 2.78 bits per heavy atom. The molecular formula is C18H27ClN2O2. The first kappa shape index (κ1) is 18.1. The predicted octanol–water partition coefficient (Wildman–Crippen LogP) is 3.34. The van der Waals surface area contributed by atoms with E-state index in [1.54, 1.807) is 0 Å². The Bertz CT molecular complexity index is 562. The molecule has 1 aliphatic heterocycles. The van der Waals surface area contributed by atoms with Crippen molar-refractivity contribution in [1.82, 2.24) is 5.32 Å². The molecule has 0 aromatic heterocycles. The molecule has 128 valence electrons. The predicted molar refractivity (Wildman–Crippen MR) is 93.8 cm³/mol. The molecule has 3 rings (SSSR count). The average molecular weight is 339 g/mol. The molecule has 1 saturated carbocycles. The molecule has 1 aliphatic carbocycles. The van der Waals surface area contributed by atoms with Gasteiger partial charge in [-0.2, -0.15) is 0 Å². The highest BCUT2D eigenvalue weighted by molar-refractivity contribution is 5.85. The minimum atomic E-state index is -0.268. The van der Waals surface area contributed by atoms with Crippen LogP contribution in [0.4, 0.5) is 0 Å². The highest BCUT2D eigenvalue weighted by Crippen LogP contribution is 2.39. The molecule has 5 heteroatoms. The summed E-state index contributed by atoms with van der Waals surface area (Å²) >= 11 is 0. The maximum absolute atomic E-state index is 12.4. The molecule has 1 fully saturated rings. The van der Waals surface area contributed by atoms with E-state index in [1.807, 2.05) is 24.3 Å². The van der Waals surface area contributed by atoms with Crippen molar-refractivity contribution >= 4 is 18.3 Å². The number of nitrogens with one attached hydrogen (secondary N) is 1. The van der Waals surface area contributed by atoms with Crippen molar-refractivity contribution in [3.8, 4) is 5.75 Å². The summed E-state index contributed by atoms with van der Waals surface area (Å²) in [5.74, 6) is 1.32. The van der Waals surface area contributed by atoms with E-state index in [4.69, 9.17) is 10.5 Å². The fraction of sp³-hybridized carbons (Fsp3) is 0.611. The van der Waals surface area contributed by atoms with Crippen LogP contribution in [0.3, 0.4) is 0 Å². The molecule has 1 aromatic rings. The first-order valence-electron chi connectivity index (χ1n) is 8.27. The smallest absolute Gasteiger partial charge is 0.220 e. The highest BCUT2D eigenvalue weighted by atomic mass is 35.5. The van der Waals surface area contributed by atoms with Gasteiger partial charge in [0.15, 0.2) is 0 Å². The van der Waals surface area contributed by atoms with Crippen LogP contribution in [0.1, 0.15) is 57.6 Å². The van der Waals surface area contributed by atoms with Crippen molar-refractivity contribution in [2.45, 2.75) is 63.6 Å². The fourth-order valence-electron chi connectivity index (χ4n) is 3.74. The van der Waals surface area contributed by atoms with E-state index in [-0.39, 0.29) is 36.0 Å². The van der Waals surface area contributed by atoms with E-state index in [0.29, 0.717) is 12.3 Å². The Labute approximate surface area is 144 Å². The largest absolute Gasteiger partial charge is 0.487 e. The van der Waals surface area contributed by atoms with Crippen LogP contribution >= 0.6 is 12.4 Å². The summed E-state index contributed by atoms with van der Waals surface area (Å²) in [5, 5.41) is 3.20. The van der Waals surface area contributed by atoms with Crippen molar-refractivity contribution in [2.75, 3.05) is 0 Å². The average Bonchev–Trinajstić information content (AvgIpc) is 2.83. The Hall–Kier alpha value is -1.26. The number of rotatable bonds is 3. The Balaban J connectivity index is 0.00000192. The summed E-state index contributed by atoms with van der Waals surface area (Å²) in [6, 6.07) is 8.18. The molecular weight excluding hydrogens is 312 g/mol. The highest BCUT2D eigenvalue weighted by Gasteiger charge is 2.35. The molecule has 1 aromatic carbocycles. The number of fused-ring (bicyclic) bond motifs is 1. The third-order valence-electron chi connectivity index (χ3n) is 4.88. The number of hydrogen-bond donors (Lipinski definition) is 2. The monoisotopic (exact) mass is 338 g/mol. The Morgan fingerprint density at radius 2 is 2.09 bits per heavy atom. The van der Waals surface area contributed by atoms with E-state index >= 15 is 0 Å². The minimum absolute atomic E-state index is 0. The summed E-state index contributed by atoms with van der Waals surface area (Å²) in [5.41, 5.74) is 6.89. The lowest BCUT2D eigenvalue weighted by molar-refractivity contribution is -0.123. The molecule has 2 aliphatic rings. The van der Waals surface area contributed by atoms with Gasteiger partial charge in [-0.25, -0.2) is 0 Å². The normalized spacial score (nSPS) is 28.2. The fourth-order valence-corrected chi connectivity index (χ4v) is 3.74. The standard InChI is InChI=1S/C18H26N2O2.ClH/c1-18(2)11-15(13-7-3-4-9-16(13)22-18)20-17(21)10-12-6-5-8-14(12)19;/h3-4,7,9,12,14-15H,5-6,8,10-11,19H2,1-2H3,(H,20,21);1H/t12-,14+,15?;/m0./s1. The second-order valence-corrected chi connectivity index (χ2v) is 7.28. The maximum Gasteiger partial charge on any atom is 0.220 e. The van der Waals surface area contributed by atoms with Gasteiger partial charge in [-0.1, -0.05) is 24.6 Å². The van der Waals surface area contributed by atoms with Crippen LogP contribution in [0.15, 0.2) is 24.3 Å². The quantitative estimate of drug-likeness (QED) is 0.888. The molecule has 3 atom stereocenters. The number of ether oxygens (including phenoxy) is 1. The van der Waals surface area contributed by atoms with Crippen LogP contribution in [-0.4, -0.2) is 17.6 Å². The minimum Gasteiger partial charge on any atom is -0.487 e. The van der Waals surface area contributed by atoms with Crippen LogP contribution in [0.2, 0.25) is 0 Å². The number of carbonyl (C=O) groups excluding carboxylic acids is 1. The number of para-hydroxylation sites is 1. The molecule has 1 amide bonds. The summed E-state index contributed by atoms with van der Waals surface area (Å²) in [4.78, 5) is 12.4. The van der Waals surface area contributed by atoms with Crippen LogP contribution in [-0.2, 0) is 4.79 Å². The van der Waals surface area contributed by atoms with Crippen LogP contribution in [0, 0.1) is 5.92 Å². The van der Waals surface area contributed by atoms with Crippen molar-refractivity contribution in [3.63, 3.8) is 0 Å². The molecule has 0 saturated heterocycles. The second kappa shape index (κ2) is 7.10. The SMILES string of the molecule is CC1(C)CC(NC(=O)C[C@@H]2CCC[C@H]2N)c2ccccc2O1.Cl. The van der Waals surface area contributed by atoms with Gasteiger partial charge in [0.1, 0.15) is 11.4 Å². The van der Waals surface area contributed by atoms with Gasteiger partial charge in [-0.05, 0) is 38.7 Å². The van der Waals surface area contributed by atoms with E-state index < -0.39 is 0 Å². The zero-order valence-corrected chi connectivity index (χ0v) is 14.7. The third-order valence-corrected chi connectivity index (χ3v) is 4.88. The summed E-state index contributed by atoms with van der Waals surface area (Å²) in [6.45, 7) is 4.13. The molecule has 4 nitrogen and oxygen atoms in total. The number of halogens is 1. The molecule has 1 unspecified atom stereocenters. The lowest BCUT2D eigenvalue weighted by atomic mass is 9.89. The van der Waals surface area contributed by atoms with E-state index in [0.717, 1.165) is 37.0 Å². The van der Waals surface area contributed by atoms with Gasteiger partial charge in [-0.3, -0.25) is 4.79 Å². The van der Waals surface area contributed by atoms with Gasteiger partial charge >= 0.3 is 0 Å². The lowest BCUT2D eigenvalue weighted by Gasteiger charge is -2.38. The molecule has 0 radical (unpaired) electrons. The first-order valence-corrected chi connectivity index (χ1v) is 8.27. The van der Waals surface area contributed by atoms with Crippen molar-refractivity contribution < 1.29 is 9.53 Å². The van der Waals surface area contributed by atoms with Crippen molar-refractivity contribution in [2.24, 2.45) is 11.7 Å². The van der Waals surface area contributed by atoms with Gasteiger partial charge in [0.25, 0.3) is 0 Å². The zero-order chi connectivity index (χ0) is 15.7. The number of hydrogen-bond acceptors (Lipinski definition) is 3. The Kier molecular flexibility index (Phi) is 5.58. The van der Waals surface area contributed by atoms with Crippen molar-refractivity contribution in [3.05, 3.63) is 29.8 Å². The Morgan fingerprint density at radius 1 is 1.35 bits per heavy atom. The summed E-state index contributed by atoms with van der Waals surface area (Å²) < 4.78 is 6.01. The molecule has 0 spiro atoms. The molecule has 1 heterocycles. The molecule has 3 N–H and O–H groups in total. The van der Waals surface area contributed by atoms with Crippen LogP contribution in [0.25, 0.3) is 0 Å². The number of amides is 1. The third kappa shape index (κ3) is 4.18. The van der Waals surface area contributed by atoms with Gasteiger partial charge in [0.2, 0.25) is 5.91 Å². The van der Waals surface area contributed by atoms with Gasteiger partial charge in [-0.15, -0.1) is 12.4 Å². The molecule has 0 bridgehead atoms. The van der Waals surface area contributed by atoms with Crippen LogP contribution < -0.4 is 15.8 Å². The first-order chi connectivity index (χ1) is 10.4. The van der Waals surface area contributed by atoms with E-state index in [9.17, 15) is 4.79 Å².